The summed E-state index contributed by atoms with van der Waals surface area (Å²) in [5.74, 6) is 0.759. The third kappa shape index (κ3) is 4.42. The molecule has 0 aliphatic carbocycles. The van der Waals surface area contributed by atoms with Gasteiger partial charge in [0.05, 0.1) is 11.6 Å². The first-order chi connectivity index (χ1) is 7.55. The monoisotopic (exact) mass is 241 g/mol. The van der Waals surface area contributed by atoms with E-state index in [1.54, 1.807) is 0 Å². The normalized spacial score (nSPS) is 11.5. The highest BCUT2D eigenvalue weighted by molar-refractivity contribution is 6.32. The summed E-state index contributed by atoms with van der Waals surface area (Å²) < 4.78 is 5.60. The lowest BCUT2D eigenvalue weighted by atomic mass is 9.88. The van der Waals surface area contributed by atoms with Gasteiger partial charge in [-0.2, -0.15) is 0 Å². The Hall–Kier alpha value is -0.730. The van der Waals surface area contributed by atoms with Gasteiger partial charge in [0.25, 0.3) is 0 Å². The molecule has 3 heteroatoms. The highest BCUT2D eigenvalue weighted by Gasteiger charge is 2.14. The summed E-state index contributed by atoms with van der Waals surface area (Å²) in [5, 5.41) is 0.667. The maximum absolute atomic E-state index is 5.98. The lowest BCUT2D eigenvalue weighted by Gasteiger charge is -2.21. The maximum atomic E-state index is 5.98. The Morgan fingerprint density at radius 2 is 2.00 bits per heavy atom. The third-order valence-electron chi connectivity index (χ3n) is 2.64. The van der Waals surface area contributed by atoms with Crippen molar-refractivity contribution in [1.82, 2.24) is 0 Å². The van der Waals surface area contributed by atoms with Crippen molar-refractivity contribution >= 4 is 11.6 Å². The molecule has 2 N–H and O–H groups in total. The predicted octanol–water partition coefficient (Wildman–Crippen LogP) is 3.48. The van der Waals surface area contributed by atoms with Crippen molar-refractivity contribution in [1.29, 1.82) is 0 Å². The largest absolute Gasteiger partial charge is 0.492 e. The molecule has 16 heavy (non-hydrogen) atoms. The predicted molar refractivity (Wildman–Crippen MR) is 69.0 cm³/mol. The average Bonchev–Trinajstić information content (AvgIpc) is 2.27. The van der Waals surface area contributed by atoms with Crippen molar-refractivity contribution in [2.45, 2.75) is 26.7 Å². The molecule has 2 nitrogen and oxygen atoms in total. The standard InChI is InChI=1S/C13H20ClNO/c1-13(2,10-15)8-5-9-16-12-7-4-3-6-11(12)14/h3-4,6-7H,5,8-10,15H2,1-2H3. The van der Waals surface area contributed by atoms with Crippen LogP contribution in [0, 0.1) is 5.41 Å². The Balaban J connectivity index is 2.29. The summed E-state index contributed by atoms with van der Waals surface area (Å²) in [5.41, 5.74) is 5.86. The second kappa shape index (κ2) is 6.12. The van der Waals surface area contributed by atoms with Crippen LogP contribution >= 0.6 is 11.6 Å². The van der Waals surface area contributed by atoms with Crippen LogP contribution in [0.5, 0.6) is 5.75 Å². The van der Waals surface area contributed by atoms with E-state index in [1.807, 2.05) is 24.3 Å². The number of nitrogens with two attached hydrogens (primary N) is 1. The molecular formula is C13H20ClNO. The van der Waals surface area contributed by atoms with Crippen molar-refractivity contribution < 1.29 is 4.74 Å². The maximum Gasteiger partial charge on any atom is 0.137 e. The van der Waals surface area contributed by atoms with E-state index in [0.717, 1.165) is 18.6 Å². The van der Waals surface area contributed by atoms with Gasteiger partial charge in [0, 0.05) is 0 Å². The summed E-state index contributed by atoms with van der Waals surface area (Å²) >= 11 is 5.98. The molecular weight excluding hydrogens is 222 g/mol. The first kappa shape index (κ1) is 13.3. The summed E-state index contributed by atoms with van der Waals surface area (Å²) in [6.45, 7) is 5.73. The van der Waals surface area contributed by atoms with E-state index in [1.165, 1.54) is 0 Å². The summed E-state index contributed by atoms with van der Waals surface area (Å²) in [6.07, 6.45) is 2.06. The lowest BCUT2D eigenvalue weighted by Crippen LogP contribution is -2.23. The van der Waals surface area contributed by atoms with Gasteiger partial charge in [-0.05, 0) is 36.9 Å². The van der Waals surface area contributed by atoms with Crippen LogP contribution in [-0.4, -0.2) is 13.2 Å². The van der Waals surface area contributed by atoms with Gasteiger partial charge in [-0.25, -0.2) is 0 Å². The van der Waals surface area contributed by atoms with E-state index in [0.29, 0.717) is 18.2 Å². The fourth-order valence-electron chi connectivity index (χ4n) is 1.40. The van der Waals surface area contributed by atoms with E-state index in [4.69, 9.17) is 22.1 Å². The number of rotatable bonds is 6. The van der Waals surface area contributed by atoms with Crippen molar-refractivity contribution in [3.8, 4) is 5.75 Å². The Bertz CT molecular complexity index is 325. The first-order valence-electron chi connectivity index (χ1n) is 5.62. The first-order valence-corrected chi connectivity index (χ1v) is 6.00. The molecule has 0 aromatic heterocycles. The van der Waals surface area contributed by atoms with E-state index in [9.17, 15) is 0 Å². The third-order valence-corrected chi connectivity index (χ3v) is 2.96. The Kier molecular flexibility index (Phi) is 5.10. The molecule has 0 aliphatic rings. The topological polar surface area (TPSA) is 35.2 Å². The van der Waals surface area contributed by atoms with Gasteiger partial charge < -0.3 is 10.5 Å². The highest BCUT2D eigenvalue weighted by Crippen LogP contribution is 2.24. The molecule has 0 heterocycles. The van der Waals surface area contributed by atoms with Gasteiger partial charge in [0.15, 0.2) is 0 Å². The van der Waals surface area contributed by atoms with Crippen LogP contribution in [0.2, 0.25) is 5.02 Å². The minimum absolute atomic E-state index is 0.198. The molecule has 0 saturated heterocycles. The molecule has 0 fully saturated rings. The van der Waals surface area contributed by atoms with Crippen molar-refractivity contribution in [3.63, 3.8) is 0 Å². The quantitative estimate of drug-likeness (QED) is 0.774. The Morgan fingerprint density at radius 1 is 1.31 bits per heavy atom. The molecule has 0 atom stereocenters. The molecule has 0 aliphatic heterocycles. The van der Waals surface area contributed by atoms with Gasteiger partial charge in [-0.3, -0.25) is 0 Å². The molecule has 0 radical (unpaired) electrons. The number of benzene rings is 1. The second-order valence-electron chi connectivity index (χ2n) is 4.75. The molecule has 0 saturated carbocycles. The number of para-hydroxylation sites is 1. The average molecular weight is 242 g/mol. The zero-order valence-electron chi connectivity index (χ0n) is 10.0. The number of ether oxygens (including phenoxy) is 1. The van der Waals surface area contributed by atoms with Gasteiger partial charge in [0.2, 0.25) is 0 Å². The zero-order chi connectivity index (χ0) is 12.0. The summed E-state index contributed by atoms with van der Waals surface area (Å²) in [6, 6.07) is 7.54. The molecule has 0 unspecified atom stereocenters. The van der Waals surface area contributed by atoms with E-state index >= 15 is 0 Å². The van der Waals surface area contributed by atoms with Crippen LogP contribution in [0.15, 0.2) is 24.3 Å². The SMILES string of the molecule is CC(C)(CN)CCCOc1ccccc1Cl. The number of halogens is 1. The van der Waals surface area contributed by atoms with Crippen LogP contribution in [0.3, 0.4) is 0 Å². The van der Waals surface area contributed by atoms with E-state index < -0.39 is 0 Å². The Labute approximate surface area is 103 Å². The van der Waals surface area contributed by atoms with Crippen LogP contribution in [0.25, 0.3) is 0 Å². The summed E-state index contributed by atoms with van der Waals surface area (Å²) in [4.78, 5) is 0. The molecule has 90 valence electrons. The minimum atomic E-state index is 0.198. The molecule has 1 aromatic carbocycles. The van der Waals surface area contributed by atoms with Crippen molar-refractivity contribution in [2.24, 2.45) is 11.1 Å². The number of hydrogen-bond donors (Lipinski definition) is 1. The minimum Gasteiger partial charge on any atom is -0.492 e. The zero-order valence-corrected chi connectivity index (χ0v) is 10.8. The van der Waals surface area contributed by atoms with Gasteiger partial charge >= 0.3 is 0 Å². The molecule has 1 rings (SSSR count). The fraction of sp³-hybridized carbons (Fsp3) is 0.538. The van der Waals surface area contributed by atoms with Gasteiger partial charge in [0.1, 0.15) is 5.75 Å². The van der Waals surface area contributed by atoms with Crippen LogP contribution in [0.4, 0.5) is 0 Å². The van der Waals surface area contributed by atoms with Gasteiger partial charge in [-0.1, -0.05) is 37.6 Å². The van der Waals surface area contributed by atoms with E-state index in [2.05, 4.69) is 13.8 Å². The van der Waals surface area contributed by atoms with Crippen LogP contribution < -0.4 is 10.5 Å². The van der Waals surface area contributed by atoms with Gasteiger partial charge in [-0.15, -0.1) is 0 Å². The Morgan fingerprint density at radius 3 is 2.62 bits per heavy atom. The lowest BCUT2D eigenvalue weighted by molar-refractivity contribution is 0.261. The van der Waals surface area contributed by atoms with E-state index in [-0.39, 0.29) is 5.41 Å². The fourth-order valence-corrected chi connectivity index (χ4v) is 1.59. The molecule has 0 spiro atoms. The van der Waals surface area contributed by atoms with Crippen LogP contribution in [0.1, 0.15) is 26.7 Å². The van der Waals surface area contributed by atoms with Crippen LogP contribution in [-0.2, 0) is 0 Å². The highest BCUT2D eigenvalue weighted by atomic mass is 35.5. The molecule has 0 amide bonds. The smallest absolute Gasteiger partial charge is 0.137 e. The van der Waals surface area contributed by atoms with Crippen molar-refractivity contribution in [3.05, 3.63) is 29.3 Å². The number of hydrogen-bond acceptors (Lipinski definition) is 2. The summed E-state index contributed by atoms with van der Waals surface area (Å²) in [7, 11) is 0. The second-order valence-corrected chi connectivity index (χ2v) is 5.16. The van der Waals surface area contributed by atoms with Crippen molar-refractivity contribution in [2.75, 3.05) is 13.2 Å². The molecule has 0 bridgehead atoms. The molecule has 1 aromatic rings.